The molecule has 2 aromatic rings. The molecule has 0 spiro atoms. The lowest BCUT2D eigenvalue weighted by Crippen LogP contribution is -2.38. The van der Waals surface area contributed by atoms with E-state index in [2.05, 4.69) is 41.6 Å². The molecule has 0 atom stereocenters. The van der Waals surface area contributed by atoms with Gasteiger partial charge in [0.2, 0.25) is 0 Å². The van der Waals surface area contributed by atoms with Crippen molar-refractivity contribution in [3.05, 3.63) is 40.9 Å². The van der Waals surface area contributed by atoms with Crippen LogP contribution in [0.5, 0.6) is 5.75 Å². The van der Waals surface area contributed by atoms with Gasteiger partial charge in [0.15, 0.2) is 5.96 Å². The first-order chi connectivity index (χ1) is 12.2. The molecule has 26 heavy (non-hydrogen) atoms. The van der Waals surface area contributed by atoms with Gasteiger partial charge in [0, 0.05) is 36.6 Å². The van der Waals surface area contributed by atoms with Gasteiger partial charge in [-0.25, -0.2) is 4.98 Å². The molecular weight excluding hydrogens is 531 g/mol. The highest BCUT2D eigenvalue weighted by molar-refractivity contribution is 14.0. The summed E-state index contributed by atoms with van der Waals surface area (Å²) in [5, 5.41) is 10.5. The lowest BCUT2D eigenvalue weighted by Gasteiger charge is -2.11. The second-order valence-electron chi connectivity index (χ2n) is 5.07. The average Bonchev–Trinajstić information content (AvgIpc) is 3.02. The summed E-state index contributed by atoms with van der Waals surface area (Å²) >= 11 is 5.27. The van der Waals surface area contributed by atoms with Crippen molar-refractivity contribution in [2.75, 3.05) is 31.7 Å². The van der Waals surface area contributed by atoms with E-state index in [1.54, 1.807) is 18.1 Å². The summed E-state index contributed by atoms with van der Waals surface area (Å²) < 4.78 is 8.47. The van der Waals surface area contributed by atoms with Crippen LogP contribution in [0.1, 0.15) is 5.82 Å². The maximum atomic E-state index is 5.70. The quantitative estimate of drug-likeness (QED) is 0.215. The number of aromatic nitrogens is 3. The third-order valence-corrected chi connectivity index (χ3v) is 4.72. The first-order valence-electron chi connectivity index (χ1n) is 7.92. The Balaban J connectivity index is 0.00000338. The summed E-state index contributed by atoms with van der Waals surface area (Å²) in [7, 11) is 3.62. The highest BCUT2D eigenvalue weighted by atomic mass is 127. The van der Waals surface area contributed by atoms with Gasteiger partial charge in [-0.3, -0.25) is 9.67 Å². The van der Waals surface area contributed by atoms with Crippen LogP contribution in [-0.4, -0.2) is 52.4 Å². The van der Waals surface area contributed by atoms with Crippen molar-refractivity contribution < 1.29 is 4.74 Å². The zero-order chi connectivity index (χ0) is 17.9. The smallest absolute Gasteiger partial charge is 0.191 e. The third kappa shape index (κ3) is 8.58. The highest BCUT2D eigenvalue weighted by Gasteiger charge is 2.02. The Morgan fingerprint density at radius 1 is 1.35 bits per heavy atom. The standard InChI is InChI=1S/C16H23BrN6OS.HI/c1-18-16(20-11-15-21-12-22-23(15)2)19-6-8-25-9-7-24-14-5-3-4-13(17)10-14;/h3-5,10,12H,6-9,11H2,1-2H3,(H2,18,19,20);1H. The van der Waals surface area contributed by atoms with Gasteiger partial charge in [-0.15, -0.1) is 24.0 Å². The number of thioether (sulfide) groups is 1. The Bertz CT molecular complexity index is 684. The molecule has 1 aromatic heterocycles. The highest BCUT2D eigenvalue weighted by Crippen LogP contribution is 2.17. The van der Waals surface area contributed by atoms with Crippen LogP contribution in [-0.2, 0) is 13.6 Å². The molecule has 7 nitrogen and oxygen atoms in total. The molecule has 0 aliphatic rings. The second kappa shape index (κ2) is 13.2. The van der Waals surface area contributed by atoms with Gasteiger partial charge >= 0.3 is 0 Å². The number of rotatable bonds is 9. The van der Waals surface area contributed by atoms with Crippen molar-refractivity contribution in [3.8, 4) is 5.75 Å². The lowest BCUT2D eigenvalue weighted by molar-refractivity contribution is 0.344. The number of hydrogen-bond acceptors (Lipinski definition) is 5. The summed E-state index contributed by atoms with van der Waals surface area (Å²) in [6.07, 6.45) is 1.54. The number of ether oxygens (including phenoxy) is 1. The molecule has 0 amide bonds. The number of benzene rings is 1. The van der Waals surface area contributed by atoms with Crippen molar-refractivity contribution in [3.63, 3.8) is 0 Å². The molecule has 0 saturated heterocycles. The van der Waals surface area contributed by atoms with E-state index >= 15 is 0 Å². The summed E-state index contributed by atoms with van der Waals surface area (Å²) in [5.41, 5.74) is 0. The Morgan fingerprint density at radius 2 is 2.19 bits per heavy atom. The van der Waals surface area contributed by atoms with E-state index < -0.39 is 0 Å². The average molecular weight is 555 g/mol. The summed E-state index contributed by atoms with van der Waals surface area (Å²) in [6.45, 7) is 2.12. The fourth-order valence-electron chi connectivity index (χ4n) is 1.98. The van der Waals surface area contributed by atoms with Crippen molar-refractivity contribution in [2.24, 2.45) is 12.0 Å². The van der Waals surface area contributed by atoms with E-state index in [9.17, 15) is 0 Å². The summed E-state index contributed by atoms with van der Waals surface area (Å²) in [6, 6.07) is 7.89. The second-order valence-corrected chi connectivity index (χ2v) is 7.21. The third-order valence-electron chi connectivity index (χ3n) is 3.27. The van der Waals surface area contributed by atoms with Crippen LogP contribution in [0.25, 0.3) is 0 Å². The number of nitrogens with zero attached hydrogens (tertiary/aromatic N) is 4. The first kappa shape index (κ1) is 23.0. The normalized spacial score (nSPS) is 11.0. The van der Waals surface area contributed by atoms with Gasteiger partial charge < -0.3 is 15.4 Å². The number of guanidine groups is 1. The van der Waals surface area contributed by atoms with E-state index in [0.717, 1.165) is 40.1 Å². The predicted molar refractivity (Wildman–Crippen MR) is 122 cm³/mol. The van der Waals surface area contributed by atoms with Gasteiger partial charge in [0.1, 0.15) is 17.9 Å². The number of hydrogen-bond donors (Lipinski definition) is 2. The molecule has 2 rings (SSSR count). The molecule has 0 bridgehead atoms. The molecule has 0 aliphatic heterocycles. The van der Waals surface area contributed by atoms with Gasteiger partial charge in [-0.05, 0) is 18.2 Å². The van der Waals surface area contributed by atoms with Crippen LogP contribution >= 0.6 is 51.7 Å². The largest absolute Gasteiger partial charge is 0.493 e. The molecule has 0 saturated carbocycles. The molecule has 144 valence electrons. The van der Waals surface area contributed by atoms with E-state index in [1.807, 2.05) is 43.1 Å². The predicted octanol–water partition coefficient (Wildman–Crippen LogP) is 2.67. The molecule has 0 fully saturated rings. The van der Waals surface area contributed by atoms with Gasteiger partial charge in [0.25, 0.3) is 0 Å². The van der Waals surface area contributed by atoms with Gasteiger partial charge in [0.05, 0.1) is 13.2 Å². The van der Waals surface area contributed by atoms with Crippen LogP contribution < -0.4 is 15.4 Å². The Morgan fingerprint density at radius 3 is 2.88 bits per heavy atom. The van der Waals surface area contributed by atoms with E-state index in [-0.39, 0.29) is 24.0 Å². The summed E-state index contributed by atoms with van der Waals surface area (Å²) in [4.78, 5) is 8.37. The van der Waals surface area contributed by atoms with Crippen LogP contribution in [0, 0.1) is 0 Å². The minimum atomic E-state index is 0. The molecular formula is C16H24BrIN6OS. The van der Waals surface area contributed by atoms with Crippen molar-refractivity contribution >= 4 is 57.6 Å². The molecule has 2 N–H and O–H groups in total. The van der Waals surface area contributed by atoms with Crippen LogP contribution in [0.3, 0.4) is 0 Å². The fraction of sp³-hybridized carbons (Fsp3) is 0.438. The van der Waals surface area contributed by atoms with Crippen molar-refractivity contribution in [2.45, 2.75) is 6.54 Å². The topological polar surface area (TPSA) is 76.4 Å². The van der Waals surface area contributed by atoms with Gasteiger partial charge in [-0.2, -0.15) is 16.9 Å². The Hall–Kier alpha value is -1.01. The lowest BCUT2D eigenvalue weighted by atomic mass is 10.3. The minimum absolute atomic E-state index is 0. The number of aliphatic imine (C=N–C) groups is 1. The minimum Gasteiger partial charge on any atom is -0.493 e. The van der Waals surface area contributed by atoms with Gasteiger partial charge in [-0.1, -0.05) is 22.0 Å². The monoisotopic (exact) mass is 554 g/mol. The van der Waals surface area contributed by atoms with Crippen molar-refractivity contribution in [1.82, 2.24) is 25.4 Å². The number of aryl methyl sites for hydroxylation is 1. The fourth-order valence-corrected chi connectivity index (χ4v) is 3.01. The van der Waals surface area contributed by atoms with Crippen LogP contribution in [0.2, 0.25) is 0 Å². The summed E-state index contributed by atoms with van der Waals surface area (Å²) in [5.74, 6) is 4.43. The molecule has 1 aromatic carbocycles. The molecule has 10 heteroatoms. The van der Waals surface area contributed by atoms with Crippen molar-refractivity contribution in [1.29, 1.82) is 0 Å². The zero-order valence-corrected chi connectivity index (χ0v) is 19.5. The van der Waals surface area contributed by atoms with E-state index in [4.69, 9.17) is 4.74 Å². The first-order valence-corrected chi connectivity index (χ1v) is 9.87. The van der Waals surface area contributed by atoms with Crippen LogP contribution in [0.4, 0.5) is 0 Å². The number of halogens is 2. The van der Waals surface area contributed by atoms with Crippen LogP contribution in [0.15, 0.2) is 40.1 Å². The molecule has 0 aliphatic carbocycles. The molecule has 0 radical (unpaired) electrons. The molecule has 1 heterocycles. The SMILES string of the molecule is CN=C(NCCSCCOc1cccc(Br)c1)NCc1ncnn1C.I. The Kier molecular flexibility index (Phi) is 11.7. The van der Waals surface area contributed by atoms with E-state index in [1.165, 1.54) is 0 Å². The maximum absolute atomic E-state index is 5.70. The molecule has 0 unspecified atom stereocenters. The zero-order valence-electron chi connectivity index (χ0n) is 14.8. The maximum Gasteiger partial charge on any atom is 0.191 e. The Labute approximate surface area is 183 Å². The van der Waals surface area contributed by atoms with E-state index in [0.29, 0.717) is 13.2 Å². The number of nitrogens with one attached hydrogen (secondary N) is 2.